The van der Waals surface area contributed by atoms with Crippen LogP contribution in [0.15, 0.2) is 36.4 Å². The van der Waals surface area contributed by atoms with Gasteiger partial charge in [-0.2, -0.15) is 4.98 Å². The minimum atomic E-state index is -0.759. The van der Waals surface area contributed by atoms with Gasteiger partial charge in [0.1, 0.15) is 24.1 Å². The van der Waals surface area contributed by atoms with E-state index in [1.165, 1.54) is 12.1 Å². The molecule has 0 atom stereocenters. The Hall–Kier alpha value is -2.70. The molecule has 0 spiro atoms. The Bertz CT molecular complexity index is 777. The molecule has 1 aromatic carbocycles. The molecule has 1 aliphatic heterocycles. The van der Waals surface area contributed by atoms with Gasteiger partial charge in [-0.3, -0.25) is 4.79 Å². The van der Waals surface area contributed by atoms with Gasteiger partial charge in [-0.05, 0) is 37.0 Å². The highest BCUT2D eigenvalue weighted by molar-refractivity contribution is 5.67. The largest absolute Gasteiger partial charge is 0.481 e. The predicted octanol–water partition coefficient (Wildman–Crippen LogP) is 3.63. The van der Waals surface area contributed by atoms with E-state index in [9.17, 15) is 13.6 Å². The highest BCUT2D eigenvalue weighted by Gasteiger charge is 2.22. The van der Waals surface area contributed by atoms with Crippen LogP contribution in [0.2, 0.25) is 0 Å². The zero-order valence-corrected chi connectivity index (χ0v) is 14.2. The Kier molecular flexibility index (Phi) is 5.65. The smallest absolute Gasteiger partial charge is 0.303 e. The van der Waals surface area contributed by atoms with E-state index >= 15 is 0 Å². The van der Waals surface area contributed by atoms with Gasteiger partial charge in [-0.25, -0.2) is 8.78 Å². The Balaban J connectivity index is 1.59. The second kappa shape index (κ2) is 8.12. The molecule has 7 heteroatoms. The Morgan fingerprint density at radius 2 is 2.00 bits per heavy atom. The van der Waals surface area contributed by atoms with Crippen molar-refractivity contribution in [2.45, 2.75) is 25.9 Å². The van der Waals surface area contributed by atoms with Crippen LogP contribution >= 0.6 is 0 Å². The van der Waals surface area contributed by atoms with Crippen molar-refractivity contribution >= 4 is 11.8 Å². The lowest BCUT2D eigenvalue weighted by molar-refractivity contribution is -0.138. The number of hydrogen-bond acceptors (Lipinski definition) is 4. The predicted molar refractivity (Wildman–Crippen MR) is 92.1 cm³/mol. The summed E-state index contributed by atoms with van der Waals surface area (Å²) >= 11 is 0. The first-order valence-electron chi connectivity index (χ1n) is 8.52. The highest BCUT2D eigenvalue weighted by atomic mass is 19.1. The number of hydrogen-bond donors (Lipinski definition) is 1. The van der Waals surface area contributed by atoms with Crippen molar-refractivity contribution < 1.29 is 23.4 Å². The van der Waals surface area contributed by atoms with E-state index in [-0.39, 0.29) is 24.5 Å². The SMILES string of the molecule is O=C(O)CC1CCN(c2cccc(OCc3ccc(F)cc3F)n2)CC1. The van der Waals surface area contributed by atoms with Crippen molar-refractivity contribution in [2.24, 2.45) is 5.92 Å². The standard InChI is InChI=1S/C19H20F2N2O3/c20-15-5-4-14(16(21)11-15)12-26-18-3-1-2-17(22-18)23-8-6-13(7-9-23)10-19(24)25/h1-5,11,13H,6-10,12H2,(H,24,25). The first-order chi connectivity index (χ1) is 12.5. The number of aliphatic carboxylic acids is 1. The molecule has 1 saturated heterocycles. The number of aromatic nitrogens is 1. The Morgan fingerprint density at radius 1 is 1.23 bits per heavy atom. The van der Waals surface area contributed by atoms with Crippen LogP contribution in [0, 0.1) is 17.6 Å². The summed E-state index contributed by atoms with van der Waals surface area (Å²) in [6.07, 6.45) is 1.81. The van der Waals surface area contributed by atoms with Gasteiger partial charge in [0.05, 0.1) is 0 Å². The third-order valence-electron chi connectivity index (χ3n) is 4.50. The molecule has 3 rings (SSSR count). The lowest BCUT2D eigenvalue weighted by atomic mass is 9.94. The molecule has 0 bridgehead atoms. The fourth-order valence-corrected chi connectivity index (χ4v) is 3.06. The van der Waals surface area contributed by atoms with Gasteiger partial charge in [0.25, 0.3) is 0 Å². The first kappa shape index (κ1) is 18.1. The van der Waals surface area contributed by atoms with Gasteiger partial charge < -0.3 is 14.7 Å². The number of carboxylic acids is 1. The zero-order chi connectivity index (χ0) is 18.5. The van der Waals surface area contributed by atoms with E-state index in [2.05, 4.69) is 9.88 Å². The Morgan fingerprint density at radius 3 is 2.69 bits per heavy atom. The molecule has 1 N–H and O–H groups in total. The summed E-state index contributed by atoms with van der Waals surface area (Å²) in [5.74, 6) is -0.733. The van der Waals surface area contributed by atoms with E-state index in [0.717, 1.165) is 37.8 Å². The normalized spacial score (nSPS) is 15.1. The Labute approximate surface area is 150 Å². The number of carboxylic acid groups (broad SMARTS) is 1. The third-order valence-corrected chi connectivity index (χ3v) is 4.50. The quantitative estimate of drug-likeness (QED) is 0.850. The molecule has 5 nitrogen and oxygen atoms in total. The number of ether oxygens (including phenoxy) is 1. The number of piperidine rings is 1. The lowest BCUT2D eigenvalue weighted by Gasteiger charge is -2.32. The molecule has 0 radical (unpaired) electrons. The number of rotatable bonds is 6. The summed E-state index contributed by atoms with van der Waals surface area (Å²) in [6, 6.07) is 8.71. The van der Waals surface area contributed by atoms with Gasteiger partial charge in [0.2, 0.25) is 5.88 Å². The maximum atomic E-state index is 13.7. The molecular formula is C19H20F2N2O3. The van der Waals surface area contributed by atoms with Crippen LogP contribution in [-0.4, -0.2) is 29.1 Å². The molecule has 1 aromatic heterocycles. The van der Waals surface area contributed by atoms with Crippen molar-refractivity contribution in [2.75, 3.05) is 18.0 Å². The summed E-state index contributed by atoms with van der Waals surface area (Å²) in [4.78, 5) is 17.3. The summed E-state index contributed by atoms with van der Waals surface area (Å²) < 4.78 is 32.1. The van der Waals surface area contributed by atoms with Crippen LogP contribution in [0.3, 0.4) is 0 Å². The highest BCUT2D eigenvalue weighted by Crippen LogP contribution is 2.25. The van der Waals surface area contributed by atoms with Crippen LogP contribution in [0.25, 0.3) is 0 Å². The number of carbonyl (C=O) groups is 1. The van der Waals surface area contributed by atoms with Gasteiger partial charge in [-0.1, -0.05) is 6.07 Å². The topological polar surface area (TPSA) is 62.7 Å². The van der Waals surface area contributed by atoms with E-state index in [1.807, 2.05) is 12.1 Å². The van der Waals surface area contributed by atoms with Gasteiger partial charge in [0, 0.05) is 37.2 Å². The molecule has 26 heavy (non-hydrogen) atoms. The third kappa shape index (κ3) is 4.68. The molecule has 1 aliphatic rings. The first-order valence-corrected chi connectivity index (χ1v) is 8.52. The molecule has 138 valence electrons. The fraction of sp³-hybridized carbons (Fsp3) is 0.368. The number of nitrogens with zero attached hydrogens (tertiary/aromatic N) is 2. The van der Waals surface area contributed by atoms with Crippen LogP contribution < -0.4 is 9.64 Å². The lowest BCUT2D eigenvalue weighted by Crippen LogP contribution is -2.34. The molecule has 2 heterocycles. The van der Waals surface area contributed by atoms with Gasteiger partial charge in [-0.15, -0.1) is 0 Å². The zero-order valence-electron chi connectivity index (χ0n) is 14.2. The summed E-state index contributed by atoms with van der Waals surface area (Å²) in [7, 11) is 0. The van der Waals surface area contributed by atoms with Gasteiger partial charge in [0.15, 0.2) is 0 Å². The maximum absolute atomic E-state index is 13.7. The van der Waals surface area contributed by atoms with Crippen molar-refractivity contribution in [1.29, 1.82) is 0 Å². The summed E-state index contributed by atoms with van der Waals surface area (Å²) in [5, 5.41) is 8.88. The number of pyridine rings is 1. The number of benzene rings is 1. The van der Waals surface area contributed by atoms with Crippen LogP contribution in [-0.2, 0) is 11.4 Å². The fourth-order valence-electron chi connectivity index (χ4n) is 3.06. The van der Waals surface area contributed by atoms with Crippen molar-refractivity contribution in [3.8, 4) is 5.88 Å². The number of halogens is 2. The summed E-state index contributed by atoms with van der Waals surface area (Å²) in [6.45, 7) is 1.44. The maximum Gasteiger partial charge on any atom is 0.303 e. The van der Waals surface area contributed by atoms with E-state index in [4.69, 9.17) is 9.84 Å². The molecule has 1 fully saturated rings. The minimum absolute atomic E-state index is 0.0384. The van der Waals surface area contributed by atoms with Crippen LogP contribution in [0.1, 0.15) is 24.8 Å². The van der Waals surface area contributed by atoms with Gasteiger partial charge >= 0.3 is 5.97 Å². The van der Waals surface area contributed by atoms with Crippen molar-refractivity contribution in [1.82, 2.24) is 4.98 Å². The molecular weight excluding hydrogens is 342 g/mol. The van der Waals surface area contributed by atoms with Crippen LogP contribution in [0.5, 0.6) is 5.88 Å². The minimum Gasteiger partial charge on any atom is -0.481 e. The second-order valence-corrected chi connectivity index (χ2v) is 6.39. The molecule has 0 unspecified atom stereocenters. The average Bonchev–Trinajstić information content (AvgIpc) is 2.61. The second-order valence-electron chi connectivity index (χ2n) is 6.39. The van der Waals surface area contributed by atoms with Crippen molar-refractivity contribution in [3.05, 3.63) is 53.6 Å². The van der Waals surface area contributed by atoms with Crippen LogP contribution in [0.4, 0.5) is 14.6 Å². The number of anilines is 1. The van der Waals surface area contributed by atoms with E-state index in [0.29, 0.717) is 5.88 Å². The molecule has 0 aliphatic carbocycles. The molecule has 0 amide bonds. The van der Waals surface area contributed by atoms with Crippen molar-refractivity contribution in [3.63, 3.8) is 0 Å². The average molecular weight is 362 g/mol. The molecule has 2 aromatic rings. The van der Waals surface area contributed by atoms with E-state index < -0.39 is 17.6 Å². The monoisotopic (exact) mass is 362 g/mol. The molecule has 0 saturated carbocycles. The van der Waals surface area contributed by atoms with E-state index in [1.54, 1.807) is 6.07 Å². The summed E-state index contributed by atoms with van der Waals surface area (Å²) in [5.41, 5.74) is 0.257.